The summed E-state index contributed by atoms with van der Waals surface area (Å²) in [6, 6.07) is 4.18. The quantitative estimate of drug-likeness (QED) is 0.849. The highest BCUT2D eigenvalue weighted by molar-refractivity contribution is 7.07. The van der Waals surface area contributed by atoms with Crippen molar-refractivity contribution in [3.8, 4) is 11.8 Å². The Kier molecular flexibility index (Phi) is 5.43. The zero-order valence-corrected chi connectivity index (χ0v) is 11.9. The van der Waals surface area contributed by atoms with Gasteiger partial charge in [0.2, 0.25) is 0 Å². The monoisotopic (exact) mass is 304 g/mol. The van der Waals surface area contributed by atoms with Crippen molar-refractivity contribution in [1.82, 2.24) is 10.3 Å². The van der Waals surface area contributed by atoms with Crippen LogP contribution in [-0.2, 0) is 6.54 Å². The topological polar surface area (TPSA) is 62.2 Å². The van der Waals surface area contributed by atoms with Gasteiger partial charge in [0, 0.05) is 17.4 Å². The number of nitrogens with one attached hydrogen (secondary N) is 1. The maximum Gasteiger partial charge on any atom is 0.254 e. The number of hydrogen-bond donors (Lipinski definition) is 2. The largest absolute Gasteiger partial charge is 0.395 e. The first-order valence-corrected chi connectivity index (χ1v) is 7.19. The SMILES string of the molecule is O=C(NCc1cscn1)c1ccc(C#CCCO)cc1F. The number of aromatic nitrogens is 1. The number of amides is 1. The Morgan fingerprint density at radius 2 is 2.33 bits per heavy atom. The van der Waals surface area contributed by atoms with E-state index in [1.807, 2.05) is 5.38 Å². The van der Waals surface area contributed by atoms with Gasteiger partial charge in [-0.2, -0.15) is 0 Å². The van der Waals surface area contributed by atoms with Gasteiger partial charge in [0.15, 0.2) is 0 Å². The molecule has 21 heavy (non-hydrogen) atoms. The van der Waals surface area contributed by atoms with Crippen LogP contribution in [-0.4, -0.2) is 22.6 Å². The van der Waals surface area contributed by atoms with Crippen molar-refractivity contribution >= 4 is 17.2 Å². The fraction of sp³-hybridized carbons (Fsp3) is 0.200. The van der Waals surface area contributed by atoms with E-state index in [1.165, 1.54) is 23.5 Å². The number of thiazole rings is 1. The molecule has 1 heterocycles. The molecule has 0 unspecified atom stereocenters. The van der Waals surface area contributed by atoms with E-state index in [-0.39, 0.29) is 18.7 Å². The second-order valence-electron chi connectivity index (χ2n) is 4.13. The molecular weight excluding hydrogens is 291 g/mol. The first-order valence-electron chi connectivity index (χ1n) is 6.25. The van der Waals surface area contributed by atoms with Gasteiger partial charge >= 0.3 is 0 Å². The lowest BCUT2D eigenvalue weighted by molar-refractivity contribution is 0.0946. The molecule has 1 amide bonds. The molecule has 0 fully saturated rings. The zero-order chi connectivity index (χ0) is 15.1. The lowest BCUT2D eigenvalue weighted by Crippen LogP contribution is -2.24. The van der Waals surface area contributed by atoms with E-state index < -0.39 is 11.7 Å². The number of aliphatic hydroxyl groups is 1. The Balaban J connectivity index is 2.03. The molecule has 0 saturated heterocycles. The van der Waals surface area contributed by atoms with Gasteiger partial charge in [0.05, 0.1) is 29.9 Å². The van der Waals surface area contributed by atoms with E-state index in [9.17, 15) is 9.18 Å². The predicted octanol–water partition coefficient (Wildman–Crippen LogP) is 1.95. The number of rotatable bonds is 4. The van der Waals surface area contributed by atoms with Crippen molar-refractivity contribution in [1.29, 1.82) is 0 Å². The van der Waals surface area contributed by atoms with Gasteiger partial charge in [0.1, 0.15) is 5.82 Å². The molecule has 0 aliphatic carbocycles. The van der Waals surface area contributed by atoms with Crippen molar-refractivity contribution in [3.05, 3.63) is 51.7 Å². The number of nitrogens with zero attached hydrogens (tertiary/aromatic N) is 1. The highest BCUT2D eigenvalue weighted by Crippen LogP contribution is 2.10. The van der Waals surface area contributed by atoms with Gasteiger partial charge in [-0.15, -0.1) is 11.3 Å². The summed E-state index contributed by atoms with van der Waals surface area (Å²) in [5.41, 5.74) is 2.84. The molecule has 0 aliphatic rings. The minimum atomic E-state index is -0.624. The number of halogens is 1. The summed E-state index contributed by atoms with van der Waals surface area (Å²) in [7, 11) is 0. The Bertz CT molecular complexity index is 675. The highest BCUT2D eigenvalue weighted by atomic mass is 32.1. The molecule has 0 atom stereocenters. The molecule has 0 bridgehead atoms. The van der Waals surface area contributed by atoms with Crippen LogP contribution < -0.4 is 5.32 Å². The van der Waals surface area contributed by atoms with Crippen LogP contribution in [0.5, 0.6) is 0 Å². The molecule has 2 N–H and O–H groups in total. The predicted molar refractivity (Wildman–Crippen MR) is 78.3 cm³/mol. The van der Waals surface area contributed by atoms with Crippen LogP contribution in [0.15, 0.2) is 29.1 Å². The Morgan fingerprint density at radius 1 is 1.48 bits per heavy atom. The highest BCUT2D eigenvalue weighted by Gasteiger charge is 2.11. The van der Waals surface area contributed by atoms with Crippen LogP contribution in [0, 0.1) is 17.7 Å². The summed E-state index contributed by atoms with van der Waals surface area (Å²) in [6.07, 6.45) is 0.331. The van der Waals surface area contributed by atoms with Crippen LogP contribution in [0.25, 0.3) is 0 Å². The second-order valence-corrected chi connectivity index (χ2v) is 4.85. The summed E-state index contributed by atoms with van der Waals surface area (Å²) < 4.78 is 13.9. The van der Waals surface area contributed by atoms with Crippen molar-refractivity contribution < 1.29 is 14.3 Å². The van der Waals surface area contributed by atoms with E-state index in [0.29, 0.717) is 12.0 Å². The molecule has 0 aliphatic heterocycles. The van der Waals surface area contributed by atoms with Crippen molar-refractivity contribution in [2.24, 2.45) is 0 Å². The van der Waals surface area contributed by atoms with Crippen molar-refractivity contribution in [3.63, 3.8) is 0 Å². The first kappa shape index (κ1) is 15.2. The van der Waals surface area contributed by atoms with Crippen LogP contribution in [0.3, 0.4) is 0 Å². The van der Waals surface area contributed by atoms with E-state index in [0.717, 1.165) is 5.69 Å². The van der Waals surface area contributed by atoms with Gasteiger partial charge in [-0.25, -0.2) is 9.37 Å². The average Bonchev–Trinajstić information content (AvgIpc) is 2.98. The molecule has 0 radical (unpaired) electrons. The number of carbonyl (C=O) groups excluding carboxylic acids is 1. The zero-order valence-electron chi connectivity index (χ0n) is 11.1. The van der Waals surface area contributed by atoms with E-state index >= 15 is 0 Å². The summed E-state index contributed by atoms with van der Waals surface area (Å²) in [5.74, 6) is 4.30. The fourth-order valence-corrected chi connectivity index (χ4v) is 2.15. The molecule has 2 rings (SSSR count). The van der Waals surface area contributed by atoms with Gasteiger partial charge in [-0.05, 0) is 18.2 Å². The van der Waals surface area contributed by atoms with Gasteiger partial charge in [-0.3, -0.25) is 4.79 Å². The molecule has 6 heteroatoms. The summed E-state index contributed by atoms with van der Waals surface area (Å²) >= 11 is 1.43. The minimum absolute atomic E-state index is 0.0297. The number of aliphatic hydroxyl groups excluding tert-OH is 1. The first-order chi connectivity index (χ1) is 10.2. The molecule has 108 valence electrons. The minimum Gasteiger partial charge on any atom is -0.395 e. The third-order valence-electron chi connectivity index (χ3n) is 2.60. The lowest BCUT2D eigenvalue weighted by atomic mass is 10.1. The molecule has 1 aromatic carbocycles. The average molecular weight is 304 g/mol. The smallest absolute Gasteiger partial charge is 0.254 e. The molecule has 0 saturated carbocycles. The second kappa shape index (κ2) is 7.53. The maximum atomic E-state index is 13.9. The van der Waals surface area contributed by atoms with Gasteiger partial charge < -0.3 is 10.4 Å². The lowest BCUT2D eigenvalue weighted by Gasteiger charge is -2.05. The number of benzene rings is 1. The molecule has 1 aromatic heterocycles. The third kappa shape index (κ3) is 4.38. The molecular formula is C15H13FN2O2S. The van der Waals surface area contributed by atoms with Crippen LogP contribution in [0.4, 0.5) is 4.39 Å². The molecule has 0 spiro atoms. The van der Waals surface area contributed by atoms with Crippen LogP contribution in [0.2, 0.25) is 0 Å². The van der Waals surface area contributed by atoms with E-state index in [4.69, 9.17) is 5.11 Å². The van der Waals surface area contributed by atoms with Crippen molar-refractivity contribution in [2.45, 2.75) is 13.0 Å². The summed E-state index contributed by atoms with van der Waals surface area (Å²) in [6.45, 7) is 0.229. The molecule has 4 nitrogen and oxygen atoms in total. The third-order valence-corrected chi connectivity index (χ3v) is 3.23. The van der Waals surface area contributed by atoms with Crippen LogP contribution in [0.1, 0.15) is 28.0 Å². The van der Waals surface area contributed by atoms with E-state index in [1.54, 1.807) is 11.6 Å². The summed E-state index contributed by atoms with van der Waals surface area (Å²) in [4.78, 5) is 15.9. The Hall–Kier alpha value is -2.23. The fourth-order valence-electron chi connectivity index (χ4n) is 1.59. The normalized spacial score (nSPS) is 9.81. The van der Waals surface area contributed by atoms with Crippen molar-refractivity contribution in [2.75, 3.05) is 6.61 Å². The Labute approximate surface area is 125 Å². The van der Waals surface area contributed by atoms with E-state index in [2.05, 4.69) is 22.1 Å². The summed E-state index contributed by atoms with van der Waals surface area (Å²) in [5, 5.41) is 13.0. The molecule has 2 aromatic rings. The Morgan fingerprint density at radius 3 is 3.00 bits per heavy atom. The van der Waals surface area contributed by atoms with Gasteiger partial charge in [-0.1, -0.05) is 11.8 Å². The number of hydrogen-bond acceptors (Lipinski definition) is 4. The van der Waals surface area contributed by atoms with Gasteiger partial charge in [0.25, 0.3) is 5.91 Å². The maximum absolute atomic E-state index is 13.9. The van der Waals surface area contributed by atoms with Crippen LogP contribution >= 0.6 is 11.3 Å². The standard InChI is InChI=1S/C15H13FN2O2S/c16-14-7-11(3-1-2-6-19)4-5-13(14)15(20)17-8-12-9-21-10-18-12/h4-5,7,9-10,19H,2,6,8H2,(H,17,20). The number of carbonyl (C=O) groups is 1.